The summed E-state index contributed by atoms with van der Waals surface area (Å²) in [6.07, 6.45) is 0. The minimum atomic E-state index is 1.11. The van der Waals surface area contributed by atoms with E-state index in [4.69, 9.17) is 0 Å². The summed E-state index contributed by atoms with van der Waals surface area (Å²) in [4.78, 5) is 2.43. The Hall–Kier alpha value is -7.46. The molecule has 3 heteroatoms. The average molecular weight is 769 g/mol. The van der Waals surface area contributed by atoms with Gasteiger partial charge in [0.1, 0.15) is 0 Å². The molecule has 3 heterocycles. The lowest BCUT2D eigenvalue weighted by Crippen LogP contribution is -2.10. The molecule has 0 spiro atoms. The second kappa shape index (κ2) is 13.6. The van der Waals surface area contributed by atoms with Crippen LogP contribution in [-0.4, -0.2) is 4.40 Å². The smallest absolute Gasteiger partial charge is 0.0640 e. The van der Waals surface area contributed by atoms with E-state index in [2.05, 4.69) is 228 Å². The minimum Gasteiger partial charge on any atom is -0.309 e. The van der Waals surface area contributed by atoms with Crippen LogP contribution in [0.15, 0.2) is 218 Å². The summed E-state index contributed by atoms with van der Waals surface area (Å²) in [7, 11) is 0. The molecule has 3 aromatic heterocycles. The Bertz CT molecular complexity index is 3540. The van der Waals surface area contributed by atoms with E-state index in [0.717, 1.165) is 22.6 Å². The molecule has 276 valence electrons. The number of fused-ring (bicyclic) bond motifs is 9. The third-order valence-corrected chi connectivity index (χ3v) is 13.2. The molecule has 0 bridgehead atoms. The molecule has 0 saturated heterocycles. The van der Waals surface area contributed by atoms with Crippen LogP contribution in [0, 0.1) is 0 Å². The van der Waals surface area contributed by atoms with Gasteiger partial charge in [-0.15, -0.1) is 11.3 Å². The molecule has 12 aromatic rings. The number of pyridine rings is 1. The van der Waals surface area contributed by atoms with Crippen molar-refractivity contribution in [2.75, 3.05) is 4.90 Å². The topological polar surface area (TPSA) is 7.65 Å². The largest absolute Gasteiger partial charge is 0.309 e. The maximum atomic E-state index is 2.46. The van der Waals surface area contributed by atoms with Crippen LogP contribution in [0.2, 0.25) is 0 Å². The highest BCUT2D eigenvalue weighted by Gasteiger charge is 2.21. The van der Waals surface area contributed by atoms with Crippen LogP contribution < -0.4 is 4.90 Å². The van der Waals surface area contributed by atoms with Crippen LogP contribution in [0.4, 0.5) is 17.1 Å². The van der Waals surface area contributed by atoms with Crippen LogP contribution in [0.5, 0.6) is 0 Å². The van der Waals surface area contributed by atoms with Crippen molar-refractivity contribution in [1.82, 2.24) is 4.40 Å². The first-order chi connectivity index (χ1) is 29.3. The van der Waals surface area contributed by atoms with Crippen molar-refractivity contribution >= 4 is 86.5 Å². The van der Waals surface area contributed by atoms with Gasteiger partial charge >= 0.3 is 0 Å². The third kappa shape index (κ3) is 5.40. The van der Waals surface area contributed by atoms with Gasteiger partial charge in [0.25, 0.3) is 0 Å². The summed E-state index contributed by atoms with van der Waals surface area (Å²) in [5, 5.41) is 8.90. The second-order valence-electron chi connectivity index (χ2n) is 15.3. The van der Waals surface area contributed by atoms with Crippen molar-refractivity contribution in [2.24, 2.45) is 0 Å². The number of aromatic nitrogens is 1. The summed E-state index contributed by atoms with van der Waals surface area (Å²) in [6, 6.07) is 79.9. The van der Waals surface area contributed by atoms with Crippen LogP contribution in [0.3, 0.4) is 0 Å². The first-order valence-electron chi connectivity index (χ1n) is 20.2. The summed E-state index contributed by atoms with van der Waals surface area (Å²) in [6.45, 7) is 0. The number of thiophene rings is 1. The zero-order valence-electron chi connectivity index (χ0n) is 32.1. The van der Waals surface area contributed by atoms with Crippen molar-refractivity contribution < 1.29 is 0 Å². The molecule has 0 N–H and O–H groups in total. The van der Waals surface area contributed by atoms with Gasteiger partial charge in [-0.1, -0.05) is 164 Å². The number of nitrogens with zero attached hydrogens (tertiary/aromatic N) is 2. The van der Waals surface area contributed by atoms with E-state index >= 15 is 0 Å². The maximum Gasteiger partial charge on any atom is 0.0640 e. The molecular weight excluding hydrogens is 733 g/mol. The number of hydrogen-bond donors (Lipinski definition) is 0. The molecule has 0 atom stereocenters. The first kappa shape index (κ1) is 33.7. The Kier molecular flexibility index (Phi) is 7.75. The van der Waals surface area contributed by atoms with Crippen molar-refractivity contribution in [3.63, 3.8) is 0 Å². The lowest BCUT2D eigenvalue weighted by molar-refractivity contribution is 1.25. The zero-order chi connectivity index (χ0) is 38.9. The molecule has 59 heavy (non-hydrogen) atoms. The molecule has 12 rings (SSSR count). The Morgan fingerprint density at radius 1 is 0.373 bits per heavy atom. The van der Waals surface area contributed by atoms with Gasteiger partial charge in [-0.2, -0.15) is 0 Å². The van der Waals surface area contributed by atoms with Gasteiger partial charge in [-0.3, -0.25) is 0 Å². The van der Waals surface area contributed by atoms with E-state index in [1.807, 2.05) is 11.3 Å². The van der Waals surface area contributed by atoms with Crippen LogP contribution in [0.25, 0.3) is 91.6 Å². The highest BCUT2D eigenvalue weighted by atomic mass is 32.1. The van der Waals surface area contributed by atoms with E-state index < -0.39 is 0 Å². The fourth-order valence-corrected chi connectivity index (χ4v) is 10.5. The van der Waals surface area contributed by atoms with Gasteiger partial charge in [0.05, 0.1) is 27.1 Å². The Morgan fingerprint density at radius 3 is 1.78 bits per heavy atom. The van der Waals surface area contributed by atoms with E-state index in [1.54, 1.807) is 0 Å². The predicted molar refractivity (Wildman–Crippen MR) is 254 cm³/mol. The highest BCUT2D eigenvalue weighted by molar-refractivity contribution is 7.26. The molecular formula is C56H36N2S. The number of anilines is 3. The lowest BCUT2D eigenvalue weighted by atomic mass is 9.98. The van der Waals surface area contributed by atoms with Crippen molar-refractivity contribution in [2.45, 2.75) is 0 Å². The number of benzene rings is 9. The van der Waals surface area contributed by atoms with Crippen LogP contribution in [0.1, 0.15) is 0 Å². The highest BCUT2D eigenvalue weighted by Crippen LogP contribution is 2.46. The Morgan fingerprint density at radius 2 is 0.983 bits per heavy atom. The molecule has 0 amide bonds. The molecule has 0 unspecified atom stereocenters. The quantitative estimate of drug-likeness (QED) is 0.163. The molecule has 0 radical (unpaired) electrons. The molecule has 0 aliphatic heterocycles. The summed E-state index contributed by atoms with van der Waals surface area (Å²) < 4.78 is 5.03. The van der Waals surface area contributed by atoms with E-state index in [0.29, 0.717) is 0 Å². The van der Waals surface area contributed by atoms with Crippen molar-refractivity contribution in [3.05, 3.63) is 218 Å². The van der Waals surface area contributed by atoms with Gasteiger partial charge < -0.3 is 9.30 Å². The summed E-state index contributed by atoms with van der Waals surface area (Å²) >= 11 is 1.87. The lowest BCUT2D eigenvalue weighted by Gasteiger charge is -2.26. The van der Waals surface area contributed by atoms with Crippen molar-refractivity contribution in [1.29, 1.82) is 0 Å². The molecule has 2 nitrogen and oxygen atoms in total. The van der Waals surface area contributed by atoms with E-state index in [9.17, 15) is 0 Å². The minimum absolute atomic E-state index is 1.11. The number of hydrogen-bond acceptors (Lipinski definition) is 2. The van der Waals surface area contributed by atoms with Gasteiger partial charge in [0.2, 0.25) is 0 Å². The monoisotopic (exact) mass is 768 g/mol. The Labute approximate surface area is 346 Å². The molecule has 0 fully saturated rings. The van der Waals surface area contributed by atoms with Gasteiger partial charge in [0.15, 0.2) is 0 Å². The van der Waals surface area contributed by atoms with E-state index in [1.165, 1.54) is 86.1 Å². The number of rotatable bonds is 6. The van der Waals surface area contributed by atoms with Crippen LogP contribution in [-0.2, 0) is 0 Å². The van der Waals surface area contributed by atoms with E-state index in [-0.39, 0.29) is 0 Å². The summed E-state index contributed by atoms with van der Waals surface area (Å²) in [5.74, 6) is 0. The second-order valence-corrected chi connectivity index (χ2v) is 16.3. The molecule has 0 aliphatic carbocycles. The maximum absolute atomic E-state index is 2.46. The van der Waals surface area contributed by atoms with Gasteiger partial charge in [0, 0.05) is 37.8 Å². The Balaban J connectivity index is 1.03. The normalized spacial score (nSPS) is 11.7. The van der Waals surface area contributed by atoms with Crippen molar-refractivity contribution in [3.8, 4) is 33.5 Å². The van der Waals surface area contributed by atoms with Gasteiger partial charge in [-0.25, -0.2) is 0 Å². The van der Waals surface area contributed by atoms with Crippen LogP contribution >= 0.6 is 11.3 Å². The standard InChI is InChI=1S/C56H36N2S/c1-2-15-41(16-3-1)54-50-24-12-23-49(58(50)51-36-31-38-14-5-7-19-46(38)55(51)54)40-29-34-43(35-30-40)57(52-25-11-22-48-47-20-8-9-26-53(47)59-56(48)52)42-32-27-39(28-33-42)45-21-10-17-37-13-4-6-18-44(37)45/h1-36H. The summed E-state index contributed by atoms with van der Waals surface area (Å²) in [5.41, 5.74) is 13.1. The third-order valence-electron chi connectivity index (χ3n) is 12.0. The first-order valence-corrected chi connectivity index (χ1v) is 21.0. The molecule has 0 saturated carbocycles. The molecule has 0 aliphatic rings. The average Bonchev–Trinajstić information content (AvgIpc) is 3.87. The fourth-order valence-electron chi connectivity index (χ4n) is 9.31. The fraction of sp³-hybridized carbons (Fsp3) is 0. The molecule has 9 aromatic carbocycles. The predicted octanol–water partition coefficient (Wildman–Crippen LogP) is 16.2. The zero-order valence-corrected chi connectivity index (χ0v) is 32.9. The van der Waals surface area contributed by atoms with Gasteiger partial charge in [-0.05, 0) is 98.4 Å². The SMILES string of the molecule is c1ccc(-c2c3c4ccccc4ccc3n3c(-c4ccc(N(c5ccc(-c6cccc7ccccc67)cc5)c5cccc6c5sc5ccccc56)cc4)cccc23)cc1.